The van der Waals surface area contributed by atoms with Crippen LogP contribution >= 0.6 is 11.3 Å². The number of fused-ring (bicyclic) bond motifs is 4. The van der Waals surface area contributed by atoms with Crippen molar-refractivity contribution >= 4 is 37.6 Å². The van der Waals surface area contributed by atoms with Gasteiger partial charge in [0.15, 0.2) is 0 Å². The molecule has 0 spiro atoms. The van der Waals surface area contributed by atoms with E-state index >= 15 is 0 Å². The number of anilines is 1. The standard InChI is InChI=1S/C18H22N4OS/c1-5-22(6-2)16-15-14(19-10-20-16)12-7-11-9-23-18(3,4)8-13(11)21-17(12)24-15/h7,10H,5-6,8-9H2,1-4H3. The van der Waals surface area contributed by atoms with Crippen molar-refractivity contribution in [2.75, 3.05) is 18.0 Å². The largest absolute Gasteiger partial charge is 0.370 e. The number of nitrogens with zero attached hydrogens (tertiary/aromatic N) is 4. The van der Waals surface area contributed by atoms with Gasteiger partial charge < -0.3 is 9.64 Å². The molecule has 0 saturated carbocycles. The summed E-state index contributed by atoms with van der Waals surface area (Å²) in [5.74, 6) is 1.02. The Morgan fingerprint density at radius 1 is 1.25 bits per heavy atom. The normalized spacial score (nSPS) is 16.5. The first-order chi connectivity index (χ1) is 11.5. The quantitative estimate of drug-likeness (QED) is 0.722. The van der Waals surface area contributed by atoms with Crippen LogP contribution < -0.4 is 4.90 Å². The van der Waals surface area contributed by atoms with Gasteiger partial charge in [-0.1, -0.05) is 0 Å². The number of rotatable bonds is 3. The maximum absolute atomic E-state index is 5.95. The van der Waals surface area contributed by atoms with Gasteiger partial charge in [0.25, 0.3) is 0 Å². The Morgan fingerprint density at radius 3 is 2.79 bits per heavy atom. The van der Waals surface area contributed by atoms with E-state index in [0.717, 1.165) is 51.5 Å². The minimum absolute atomic E-state index is 0.142. The summed E-state index contributed by atoms with van der Waals surface area (Å²) >= 11 is 1.70. The molecule has 0 radical (unpaired) electrons. The highest BCUT2D eigenvalue weighted by Crippen LogP contribution is 2.38. The fourth-order valence-corrected chi connectivity index (χ4v) is 4.47. The lowest BCUT2D eigenvalue weighted by Crippen LogP contribution is -2.32. The molecule has 3 aromatic heterocycles. The Labute approximate surface area is 145 Å². The number of aromatic nitrogens is 3. The average molecular weight is 342 g/mol. The fraction of sp³-hybridized carbons (Fsp3) is 0.500. The zero-order chi connectivity index (χ0) is 16.9. The van der Waals surface area contributed by atoms with Gasteiger partial charge in [-0.25, -0.2) is 15.0 Å². The molecule has 0 bridgehead atoms. The smallest absolute Gasteiger partial charge is 0.150 e. The highest BCUT2D eigenvalue weighted by atomic mass is 32.1. The lowest BCUT2D eigenvalue weighted by molar-refractivity contribution is -0.0411. The molecule has 0 fully saturated rings. The van der Waals surface area contributed by atoms with Gasteiger partial charge in [0.1, 0.15) is 17.0 Å². The van der Waals surface area contributed by atoms with E-state index in [-0.39, 0.29) is 5.60 Å². The summed E-state index contributed by atoms with van der Waals surface area (Å²) < 4.78 is 7.08. The molecule has 0 unspecified atom stereocenters. The summed E-state index contributed by atoms with van der Waals surface area (Å²) in [5, 5.41) is 1.12. The SMILES string of the molecule is CCN(CC)c1ncnc2c1sc1nc3c(cc12)COC(C)(C)C3. The predicted molar refractivity (Wildman–Crippen MR) is 98.8 cm³/mol. The van der Waals surface area contributed by atoms with Crippen molar-refractivity contribution in [3.05, 3.63) is 23.7 Å². The van der Waals surface area contributed by atoms with Crippen molar-refractivity contribution in [1.82, 2.24) is 15.0 Å². The van der Waals surface area contributed by atoms with Gasteiger partial charge in [0.2, 0.25) is 0 Å². The van der Waals surface area contributed by atoms with E-state index in [0.29, 0.717) is 6.61 Å². The van der Waals surface area contributed by atoms with Gasteiger partial charge >= 0.3 is 0 Å². The van der Waals surface area contributed by atoms with Gasteiger partial charge in [0.05, 0.1) is 28.1 Å². The molecule has 0 saturated heterocycles. The van der Waals surface area contributed by atoms with Gasteiger partial charge in [0, 0.05) is 30.5 Å². The zero-order valence-electron chi connectivity index (χ0n) is 14.6. The molecule has 1 aliphatic heterocycles. The molecule has 126 valence electrons. The molecule has 0 aromatic carbocycles. The van der Waals surface area contributed by atoms with Crippen LogP contribution in [-0.4, -0.2) is 33.6 Å². The molecule has 0 N–H and O–H groups in total. The molecule has 24 heavy (non-hydrogen) atoms. The maximum Gasteiger partial charge on any atom is 0.150 e. The van der Waals surface area contributed by atoms with Crippen LogP contribution in [-0.2, 0) is 17.8 Å². The van der Waals surface area contributed by atoms with E-state index in [4.69, 9.17) is 9.72 Å². The van der Waals surface area contributed by atoms with Gasteiger partial charge in [-0.2, -0.15) is 0 Å². The zero-order valence-corrected chi connectivity index (χ0v) is 15.4. The topological polar surface area (TPSA) is 51.1 Å². The first kappa shape index (κ1) is 15.7. The van der Waals surface area contributed by atoms with Crippen LogP contribution in [0.5, 0.6) is 0 Å². The average Bonchev–Trinajstić information content (AvgIpc) is 2.91. The summed E-state index contributed by atoms with van der Waals surface area (Å²) in [6.45, 7) is 11.0. The maximum atomic E-state index is 5.95. The highest BCUT2D eigenvalue weighted by Gasteiger charge is 2.28. The third-order valence-corrected chi connectivity index (χ3v) is 5.75. The van der Waals surface area contributed by atoms with E-state index in [1.54, 1.807) is 17.7 Å². The van der Waals surface area contributed by atoms with Crippen molar-refractivity contribution < 1.29 is 4.74 Å². The summed E-state index contributed by atoms with van der Waals surface area (Å²) in [4.78, 5) is 17.4. The Kier molecular flexibility index (Phi) is 3.69. The third-order valence-electron chi connectivity index (χ3n) is 4.67. The van der Waals surface area contributed by atoms with E-state index < -0.39 is 0 Å². The van der Waals surface area contributed by atoms with Crippen LogP contribution in [0.25, 0.3) is 20.4 Å². The van der Waals surface area contributed by atoms with Crippen molar-refractivity contribution in [2.24, 2.45) is 0 Å². The Bertz CT molecular complexity index is 914. The molecular formula is C18H22N4OS. The third kappa shape index (κ3) is 2.45. The Balaban J connectivity index is 1.94. The second kappa shape index (κ2) is 5.63. The number of hydrogen-bond acceptors (Lipinski definition) is 6. The van der Waals surface area contributed by atoms with Crippen LogP contribution in [0, 0.1) is 0 Å². The lowest BCUT2D eigenvalue weighted by Gasteiger charge is -2.30. The summed E-state index contributed by atoms with van der Waals surface area (Å²) in [6.07, 6.45) is 2.52. The first-order valence-electron chi connectivity index (χ1n) is 8.47. The van der Waals surface area contributed by atoms with Crippen LogP contribution in [0.4, 0.5) is 5.82 Å². The second-order valence-electron chi connectivity index (χ2n) is 6.82. The van der Waals surface area contributed by atoms with E-state index in [2.05, 4.69) is 48.6 Å². The van der Waals surface area contributed by atoms with Gasteiger partial charge in [-0.3, -0.25) is 0 Å². The summed E-state index contributed by atoms with van der Waals surface area (Å²) in [7, 11) is 0. The molecule has 1 aliphatic rings. The van der Waals surface area contributed by atoms with E-state index in [9.17, 15) is 0 Å². The van der Waals surface area contributed by atoms with Crippen molar-refractivity contribution in [3.8, 4) is 0 Å². The number of thiophene rings is 1. The lowest BCUT2D eigenvalue weighted by atomic mass is 9.95. The monoisotopic (exact) mass is 342 g/mol. The molecule has 5 nitrogen and oxygen atoms in total. The van der Waals surface area contributed by atoms with Crippen LogP contribution in [0.2, 0.25) is 0 Å². The molecule has 0 atom stereocenters. The van der Waals surface area contributed by atoms with Gasteiger partial charge in [-0.15, -0.1) is 11.3 Å². The number of pyridine rings is 1. The fourth-order valence-electron chi connectivity index (χ4n) is 3.32. The first-order valence-corrected chi connectivity index (χ1v) is 9.29. The molecule has 6 heteroatoms. The number of ether oxygens (including phenoxy) is 1. The number of hydrogen-bond donors (Lipinski definition) is 0. The second-order valence-corrected chi connectivity index (χ2v) is 7.82. The molecule has 4 rings (SSSR count). The van der Waals surface area contributed by atoms with Gasteiger partial charge in [-0.05, 0) is 33.8 Å². The van der Waals surface area contributed by atoms with Crippen molar-refractivity contribution in [2.45, 2.75) is 46.3 Å². The van der Waals surface area contributed by atoms with Crippen LogP contribution in [0.1, 0.15) is 39.0 Å². The molecule has 4 heterocycles. The van der Waals surface area contributed by atoms with Crippen LogP contribution in [0.3, 0.4) is 0 Å². The van der Waals surface area contributed by atoms with E-state index in [1.807, 2.05) is 0 Å². The molecular weight excluding hydrogens is 320 g/mol. The van der Waals surface area contributed by atoms with Crippen molar-refractivity contribution in [3.63, 3.8) is 0 Å². The molecule has 0 aliphatic carbocycles. The molecule has 0 amide bonds. The van der Waals surface area contributed by atoms with E-state index in [1.165, 1.54) is 5.56 Å². The van der Waals surface area contributed by atoms with Crippen molar-refractivity contribution in [1.29, 1.82) is 0 Å². The predicted octanol–water partition coefficient (Wildman–Crippen LogP) is 3.94. The summed E-state index contributed by atoms with van der Waals surface area (Å²) in [6, 6.07) is 2.21. The summed E-state index contributed by atoms with van der Waals surface area (Å²) in [5.41, 5.74) is 3.20. The minimum Gasteiger partial charge on any atom is -0.370 e. The Hall–Kier alpha value is -1.79. The minimum atomic E-state index is -0.142. The van der Waals surface area contributed by atoms with Crippen LogP contribution in [0.15, 0.2) is 12.4 Å². The highest BCUT2D eigenvalue weighted by molar-refractivity contribution is 7.25. The Morgan fingerprint density at radius 2 is 2.04 bits per heavy atom. The molecule has 3 aromatic rings.